The zero-order valence-electron chi connectivity index (χ0n) is 10.9. The quantitative estimate of drug-likeness (QED) is 0.854. The first-order valence-corrected chi connectivity index (χ1v) is 6.31. The third-order valence-electron chi connectivity index (χ3n) is 2.85. The van der Waals surface area contributed by atoms with Crippen molar-refractivity contribution in [3.05, 3.63) is 59.7 Å². The van der Waals surface area contributed by atoms with Crippen molar-refractivity contribution in [3.8, 4) is 5.75 Å². The van der Waals surface area contributed by atoms with E-state index in [1.807, 2.05) is 19.1 Å². The molecule has 94 valence electrons. The van der Waals surface area contributed by atoms with E-state index in [0.717, 1.165) is 18.0 Å². The molecule has 0 aliphatic heterocycles. The molecule has 0 amide bonds. The van der Waals surface area contributed by atoms with E-state index in [1.165, 1.54) is 11.1 Å². The van der Waals surface area contributed by atoms with Gasteiger partial charge in [-0.3, -0.25) is 0 Å². The number of anilines is 1. The molecule has 0 atom stereocenters. The van der Waals surface area contributed by atoms with E-state index >= 15 is 0 Å². The Kier molecular flexibility index (Phi) is 4.24. The van der Waals surface area contributed by atoms with Crippen LogP contribution in [0.5, 0.6) is 5.75 Å². The van der Waals surface area contributed by atoms with E-state index < -0.39 is 0 Å². The fraction of sp³-hybridized carbons (Fsp3) is 0.250. The second-order valence-electron chi connectivity index (χ2n) is 4.25. The topological polar surface area (TPSA) is 21.3 Å². The van der Waals surface area contributed by atoms with E-state index in [-0.39, 0.29) is 0 Å². The molecule has 0 aliphatic carbocycles. The van der Waals surface area contributed by atoms with Crippen LogP contribution in [0.15, 0.2) is 48.5 Å². The lowest BCUT2D eigenvalue weighted by Crippen LogP contribution is -2.01. The summed E-state index contributed by atoms with van der Waals surface area (Å²) in [4.78, 5) is 0. The van der Waals surface area contributed by atoms with Crippen LogP contribution in [-0.2, 0) is 6.54 Å². The molecule has 0 aliphatic rings. The molecule has 0 unspecified atom stereocenters. The highest BCUT2D eigenvalue weighted by Gasteiger charge is 2.01. The van der Waals surface area contributed by atoms with Gasteiger partial charge in [-0.15, -0.1) is 0 Å². The smallest absolute Gasteiger partial charge is 0.121 e. The molecule has 0 saturated carbocycles. The minimum absolute atomic E-state index is 0.696. The van der Waals surface area contributed by atoms with Gasteiger partial charge in [-0.2, -0.15) is 0 Å². The van der Waals surface area contributed by atoms with E-state index in [1.54, 1.807) is 0 Å². The van der Waals surface area contributed by atoms with E-state index in [2.05, 4.69) is 48.6 Å². The minimum atomic E-state index is 0.696. The highest BCUT2D eigenvalue weighted by atomic mass is 16.5. The van der Waals surface area contributed by atoms with Crippen LogP contribution >= 0.6 is 0 Å². The molecular weight excluding hydrogens is 222 g/mol. The predicted octanol–water partition coefficient (Wildman–Crippen LogP) is 4.01. The Morgan fingerprint density at radius 3 is 2.56 bits per heavy atom. The molecule has 0 aromatic heterocycles. The minimum Gasteiger partial charge on any atom is -0.494 e. The first-order chi connectivity index (χ1) is 8.79. The number of ether oxygens (including phenoxy) is 1. The van der Waals surface area contributed by atoms with Gasteiger partial charge in [0.1, 0.15) is 5.75 Å². The summed E-state index contributed by atoms with van der Waals surface area (Å²) in [5.41, 5.74) is 3.64. The highest BCUT2D eigenvalue weighted by Crippen LogP contribution is 2.22. The van der Waals surface area contributed by atoms with Crippen LogP contribution in [0.1, 0.15) is 18.1 Å². The zero-order chi connectivity index (χ0) is 12.8. The second-order valence-corrected chi connectivity index (χ2v) is 4.25. The van der Waals surface area contributed by atoms with Crippen LogP contribution in [0.2, 0.25) is 0 Å². The molecule has 0 saturated heterocycles. The number of hydrogen-bond donors (Lipinski definition) is 1. The van der Waals surface area contributed by atoms with Gasteiger partial charge in [0.05, 0.1) is 6.61 Å². The summed E-state index contributed by atoms with van der Waals surface area (Å²) in [7, 11) is 0. The molecule has 0 heterocycles. The molecule has 0 bridgehead atoms. The summed E-state index contributed by atoms with van der Waals surface area (Å²) in [6.45, 7) is 5.62. The van der Waals surface area contributed by atoms with Crippen LogP contribution in [0, 0.1) is 6.92 Å². The number of rotatable bonds is 5. The third kappa shape index (κ3) is 3.27. The lowest BCUT2D eigenvalue weighted by molar-refractivity contribution is 0.340. The Balaban J connectivity index is 2.06. The van der Waals surface area contributed by atoms with Crippen molar-refractivity contribution in [1.82, 2.24) is 0 Å². The van der Waals surface area contributed by atoms with Crippen molar-refractivity contribution in [2.24, 2.45) is 0 Å². The van der Waals surface area contributed by atoms with Crippen LogP contribution < -0.4 is 10.1 Å². The van der Waals surface area contributed by atoms with Crippen molar-refractivity contribution in [1.29, 1.82) is 0 Å². The molecule has 18 heavy (non-hydrogen) atoms. The van der Waals surface area contributed by atoms with Gasteiger partial charge in [-0.25, -0.2) is 0 Å². The van der Waals surface area contributed by atoms with Gasteiger partial charge in [0.15, 0.2) is 0 Å². The van der Waals surface area contributed by atoms with Gasteiger partial charge in [0, 0.05) is 18.3 Å². The van der Waals surface area contributed by atoms with Crippen molar-refractivity contribution in [2.75, 3.05) is 11.9 Å². The van der Waals surface area contributed by atoms with E-state index in [9.17, 15) is 0 Å². The summed E-state index contributed by atoms with van der Waals surface area (Å²) in [6, 6.07) is 16.5. The first kappa shape index (κ1) is 12.5. The number of nitrogens with one attached hydrogen (secondary N) is 1. The van der Waals surface area contributed by atoms with Crippen molar-refractivity contribution >= 4 is 5.69 Å². The Morgan fingerprint density at radius 2 is 1.83 bits per heavy atom. The Morgan fingerprint density at radius 1 is 1.06 bits per heavy atom. The van der Waals surface area contributed by atoms with Crippen molar-refractivity contribution in [2.45, 2.75) is 20.4 Å². The van der Waals surface area contributed by atoms with Crippen LogP contribution in [0.3, 0.4) is 0 Å². The second kappa shape index (κ2) is 6.10. The summed E-state index contributed by atoms with van der Waals surface area (Å²) < 4.78 is 5.51. The fourth-order valence-corrected chi connectivity index (χ4v) is 1.84. The molecule has 2 aromatic rings. The van der Waals surface area contributed by atoms with E-state index in [4.69, 9.17) is 4.74 Å². The largest absolute Gasteiger partial charge is 0.494 e. The average Bonchev–Trinajstić information content (AvgIpc) is 2.41. The molecule has 2 rings (SSSR count). The summed E-state index contributed by atoms with van der Waals surface area (Å²) in [5.74, 6) is 0.915. The van der Waals surface area contributed by atoms with Crippen LogP contribution in [0.25, 0.3) is 0 Å². The maximum Gasteiger partial charge on any atom is 0.121 e. The van der Waals surface area contributed by atoms with E-state index in [0.29, 0.717) is 6.61 Å². The zero-order valence-corrected chi connectivity index (χ0v) is 10.9. The van der Waals surface area contributed by atoms with Gasteiger partial charge in [-0.05, 0) is 31.0 Å². The third-order valence-corrected chi connectivity index (χ3v) is 2.85. The molecule has 1 N–H and O–H groups in total. The molecule has 2 nitrogen and oxygen atoms in total. The number of hydrogen-bond acceptors (Lipinski definition) is 2. The van der Waals surface area contributed by atoms with Crippen molar-refractivity contribution < 1.29 is 4.74 Å². The van der Waals surface area contributed by atoms with Crippen LogP contribution in [-0.4, -0.2) is 6.61 Å². The summed E-state index contributed by atoms with van der Waals surface area (Å²) in [5, 5.41) is 3.45. The molecule has 2 heteroatoms. The predicted molar refractivity (Wildman–Crippen MR) is 76.1 cm³/mol. The summed E-state index contributed by atoms with van der Waals surface area (Å²) in [6.07, 6.45) is 0. The monoisotopic (exact) mass is 241 g/mol. The molecule has 0 spiro atoms. The Hall–Kier alpha value is -1.96. The van der Waals surface area contributed by atoms with Gasteiger partial charge in [0.2, 0.25) is 0 Å². The molecule has 2 aromatic carbocycles. The fourth-order valence-electron chi connectivity index (χ4n) is 1.84. The lowest BCUT2D eigenvalue weighted by Gasteiger charge is -2.12. The molecular formula is C16H19NO. The SMILES string of the molecule is CCOc1ccc(C)c(NCc2ccccc2)c1. The van der Waals surface area contributed by atoms with Gasteiger partial charge in [-0.1, -0.05) is 36.4 Å². The summed E-state index contributed by atoms with van der Waals surface area (Å²) >= 11 is 0. The Labute approximate surface area is 109 Å². The standard InChI is InChI=1S/C16H19NO/c1-3-18-15-10-9-13(2)16(11-15)17-12-14-7-5-4-6-8-14/h4-11,17H,3,12H2,1-2H3. The first-order valence-electron chi connectivity index (χ1n) is 6.31. The van der Waals surface area contributed by atoms with Crippen LogP contribution in [0.4, 0.5) is 5.69 Å². The number of benzene rings is 2. The van der Waals surface area contributed by atoms with Crippen molar-refractivity contribution in [3.63, 3.8) is 0 Å². The lowest BCUT2D eigenvalue weighted by atomic mass is 10.1. The molecule has 0 fully saturated rings. The average molecular weight is 241 g/mol. The maximum atomic E-state index is 5.51. The Bertz CT molecular complexity index is 494. The number of aryl methyl sites for hydroxylation is 1. The van der Waals surface area contributed by atoms with Gasteiger partial charge >= 0.3 is 0 Å². The normalized spacial score (nSPS) is 10.1. The maximum absolute atomic E-state index is 5.51. The molecule has 0 radical (unpaired) electrons. The van der Waals surface area contributed by atoms with Gasteiger partial charge in [0.25, 0.3) is 0 Å². The highest BCUT2D eigenvalue weighted by molar-refractivity contribution is 5.54. The van der Waals surface area contributed by atoms with Gasteiger partial charge < -0.3 is 10.1 Å².